The van der Waals surface area contributed by atoms with Crippen molar-refractivity contribution in [3.05, 3.63) is 29.8 Å². The molecule has 1 heterocycles. The molecule has 1 aliphatic heterocycles. The second-order valence-electron chi connectivity index (χ2n) is 11.7. The van der Waals surface area contributed by atoms with Gasteiger partial charge in [0.25, 0.3) is 0 Å². The molecule has 0 saturated carbocycles. The van der Waals surface area contributed by atoms with Crippen LogP contribution in [0.2, 0.25) is 0 Å². The third kappa shape index (κ3) is 13.2. The van der Waals surface area contributed by atoms with Gasteiger partial charge in [0, 0.05) is 43.5 Å². The normalized spacial score (nSPS) is 18.6. The molecule has 0 bridgehead atoms. The molecule has 0 aliphatic carbocycles. The molecule has 240 valence electrons. The van der Waals surface area contributed by atoms with Gasteiger partial charge in [0.15, 0.2) is 11.4 Å². The summed E-state index contributed by atoms with van der Waals surface area (Å²) < 4.78 is 22.0. The maximum Gasteiger partial charge on any atom is 0.408 e. The van der Waals surface area contributed by atoms with Gasteiger partial charge in [-0.1, -0.05) is 37.7 Å². The van der Waals surface area contributed by atoms with Crippen molar-refractivity contribution in [2.75, 3.05) is 32.6 Å². The van der Waals surface area contributed by atoms with Gasteiger partial charge in [-0.2, -0.15) is 0 Å². The molecule has 14 heteroatoms. The Morgan fingerprint density at radius 2 is 1.77 bits per heavy atom. The second kappa shape index (κ2) is 16.5. The molecule has 1 fully saturated rings. The topological polar surface area (TPSA) is 179 Å². The minimum atomic E-state index is -1.43. The van der Waals surface area contributed by atoms with Crippen LogP contribution in [0.15, 0.2) is 24.3 Å². The number of nitrogens with one attached hydrogen (secondary N) is 3. The minimum absolute atomic E-state index is 0.0180. The van der Waals surface area contributed by atoms with Crippen molar-refractivity contribution in [3.63, 3.8) is 0 Å². The molecule has 4 N–H and O–H groups in total. The molecule has 0 radical (unpaired) electrons. The Labute approximate surface area is 256 Å². The van der Waals surface area contributed by atoms with E-state index in [2.05, 4.69) is 16.0 Å². The van der Waals surface area contributed by atoms with Crippen LogP contribution in [0.4, 0.5) is 4.79 Å². The molecule has 0 aromatic heterocycles. The second-order valence-corrected chi connectivity index (χ2v) is 12.8. The van der Waals surface area contributed by atoms with Crippen molar-refractivity contribution in [2.45, 2.75) is 77.9 Å². The Morgan fingerprint density at radius 3 is 2.37 bits per heavy atom. The van der Waals surface area contributed by atoms with Gasteiger partial charge >= 0.3 is 12.1 Å². The van der Waals surface area contributed by atoms with Gasteiger partial charge in [-0.05, 0) is 38.5 Å². The minimum Gasteiger partial charge on any atom is -0.497 e. The molecule has 1 aromatic carbocycles. The molecular formula is C29H43N3O10S. The van der Waals surface area contributed by atoms with Crippen molar-refractivity contribution >= 4 is 40.8 Å². The number of methoxy groups -OCH3 is 1. The SMILES string of the molecule is COc1ccc(CC2OCC(C)(C)[C@H](C(=O)NCCC(=O)NCCSC(=O)C[C@H](NC(=O)OC(C)(C)C)C(=O)O)O2)cc1. The molecule has 1 unspecified atom stereocenters. The Morgan fingerprint density at radius 1 is 1.09 bits per heavy atom. The average molecular weight is 626 g/mol. The Balaban J connectivity index is 1.69. The summed E-state index contributed by atoms with van der Waals surface area (Å²) >= 11 is 0.841. The summed E-state index contributed by atoms with van der Waals surface area (Å²) in [7, 11) is 1.59. The number of carboxylic acids is 1. The molecular weight excluding hydrogens is 582 g/mol. The van der Waals surface area contributed by atoms with E-state index >= 15 is 0 Å². The number of thioether (sulfide) groups is 1. The molecule has 0 spiro atoms. The Kier molecular flexibility index (Phi) is 13.7. The zero-order chi connectivity index (χ0) is 32.2. The lowest BCUT2D eigenvalue weighted by Crippen LogP contribution is -2.54. The first-order chi connectivity index (χ1) is 20.1. The van der Waals surface area contributed by atoms with Crippen LogP contribution in [0.3, 0.4) is 0 Å². The van der Waals surface area contributed by atoms with E-state index in [0.29, 0.717) is 13.0 Å². The molecule has 1 aliphatic rings. The van der Waals surface area contributed by atoms with E-state index in [-0.39, 0.29) is 37.1 Å². The fraction of sp³-hybridized carbons (Fsp3) is 0.621. The number of hydrogen-bond donors (Lipinski definition) is 4. The summed E-state index contributed by atoms with van der Waals surface area (Å²) in [5.41, 5.74) is -0.418. The number of carbonyl (C=O) groups is 5. The van der Waals surface area contributed by atoms with Crippen molar-refractivity contribution in [2.24, 2.45) is 5.41 Å². The lowest BCUT2D eigenvalue weighted by molar-refractivity contribution is -0.253. The van der Waals surface area contributed by atoms with Gasteiger partial charge in [0.05, 0.1) is 13.7 Å². The third-order valence-electron chi connectivity index (χ3n) is 6.14. The summed E-state index contributed by atoms with van der Waals surface area (Å²) in [4.78, 5) is 60.6. The third-order valence-corrected chi connectivity index (χ3v) is 7.03. The number of benzene rings is 1. The molecule has 43 heavy (non-hydrogen) atoms. The largest absolute Gasteiger partial charge is 0.497 e. The van der Waals surface area contributed by atoms with E-state index in [1.165, 1.54) is 0 Å². The predicted molar refractivity (Wildman–Crippen MR) is 159 cm³/mol. The number of rotatable bonds is 14. The van der Waals surface area contributed by atoms with Gasteiger partial charge in [-0.3, -0.25) is 14.4 Å². The lowest BCUT2D eigenvalue weighted by atomic mass is 9.85. The van der Waals surface area contributed by atoms with Crippen LogP contribution in [0.5, 0.6) is 5.75 Å². The molecule has 3 atom stereocenters. The maximum absolute atomic E-state index is 12.9. The monoisotopic (exact) mass is 625 g/mol. The van der Waals surface area contributed by atoms with Crippen molar-refractivity contribution in [1.29, 1.82) is 0 Å². The van der Waals surface area contributed by atoms with E-state index in [4.69, 9.17) is 18.9 Å². The highest BCUT2D eigenvalue weighted by atomic mass is 32.2. The Hall–Kier alpha value is -3.36. The smallest absolute Gasteiger partial charge is 0.408 e. The number of amides is 3. The van der Waals surface area contributed by atoms with Gasteiger partial charge in [0.1, 0.15) is 23.5 Å². The highest BCUT2D eigenvalue weighted by Crippen LogP contribution is 2.31. The highest BCUT2D eigenvalue weighted by Gasteiger charge is 2.42. The van der Waals surface area contributed by atoms with Crippen LogP contribution < -0.4 is 20.7 Å². The van der Waals surface area contributed by atoms with Crippen molar-refractivity contribution < 1.29 is 48.0 Å². The van der Waals surface area contributed by atoms with Crippen LogP contribution in [0, 0.1) is 5.41 Å². The van der Waals surface area contributed by atoms with Crippen LogP contribution in [0.1, 0.15) is 53.0 Å². The summed E-state index contributed by atoms with van der Waals surface area (Å²) in [6.07, 6.45) is -2.26. The number of carbonyl (C=O) groups excluding carboxylic acids is 4. The quantitative estimate of drug-likeness (QED) is 0.223. The fourth-order valence-corrected chi connectivity index (χ4v) is 4.66. The van der Waals surface area contributed by atoms with Crippen molar-refractivity contribution in [1.82, 2.24) is 16.0 Å². The van der Waals surface area contributed by atoms with E-state index < -0.39 is 53.1 Å². The van der Waals surface area contributed by atoms with Crippen LogP contribution in [-0.4, -0.2) is 90.7 Å². The van der Waals surface area contributed by atoms with Crippen LogP contribution in [-0.2, 0) is 39.8 Å². The van der Waals surface area contributed by atoms with Gasteiger partial charge < -0.3 is 40.0 Å². The molecule has 1 saturated heterocycles. The summed E-state index contributed by atoms with van der Waals surface area (Å²) in [6, 6.07) is 6.06. The lowest BCUT2D eigenvalue weighted by Gasteiger charge is -2.41. The van der Waals surface area contributed by atoms with E-state index in [1.54, 1.807) is 27.9 Å². The average Bonchev–Trinajstić information content (AvgIpc) is 2.91. The van der Waals surface area contributed by atoms with E-state index in [9.17, 15) is 29.1 Å². The van der Waals surface area contributed by atoms with Crippen LogP contribution in [0.25, 0.3) is 0 Å². The number of aliphatic carboxylic acids is 1. The predicted octanol–water partition coefficient (Wildman–Crippen LogP) is 2.26. The maximum atomic E-state index is 12.9. The zero-order valence-corrected chi connectivity index (χ0v) is 26.3. The van der Waals surface area contributed by atoms with Gasteiger partial charge in [-0.25, -0.2) is 9.59 Å². The van der Waals surface area contributed by atoms with Crippen molar-refractivity contribution in [3.8, 4) is 5.75 Å². The zero-order valence-electron chi connectivity index (χ0n) is 25.5. The van der Waals surface area contributed by atoms with Gasteiger partial charge in [-0.15, -0.1) is 0 Å². The van der Waals surface area contributed by atoms with E-state index in [0.717, 1.165) is 23.1 Å². The molecule has 1 aromatic rings. The number of hydrogen-bond acceptors (Lipinski definition) is 10. The first-order valence-electron chi connectivity index (χ1n) is 13.9. The number of ether oxygens (including phenoxy) is 4. The molecule has 13 nitrogen and oxygen atoms in total. The van der Waals surface area contributed by atoms with Gasteiger partial charge in [0.2, 0.25) is 11.8 Å². The Bertz CT molecular complexity index is 1120. The fourth-order valence-electron chi connectivity index (χ4n) is 3.95. The first kappa shape index (κ1) is 35.8. The molecule has 2 rings (SSSR count). The van der Waals surface area contributed by atoms with Crippen LogP contribution >= 0.6 is 11.8 Å². The highest BCUT2D eigenvalue weighted by molar-refractivity contribution is 8.13. The molecule has 3 amide bonds. The first-order valence-corrected chi connectivity index (χ1v) is 14.9. The summed E-state index contributed by atoms with van der Waals surface area (Å²) in [6.45, 7) is 9.22. The standard InChI is InChI=1S/C29H43N3O10S/c1-28(2,3)42-27(38)32-20(26(36)37)16-22(34)43-14-13-30-21(33)11-12-31-25(35)24-29(4,5)17-40-23(41-24)15-18-7-9-19(39-6)10-8-18/h7-10,20,23-24H,11-17H2,1-6H3,(H,30,33)(H,31,35)(H,32,38)(H,36,37)/t20-,23?,24-/m0/s1. The van der Waals surface area contributed by atoms with E-state index in [1.807, 2.05) is 38.1 Å². The number of carboxylic acid groups (broad SMARTS) is 1. The number of alkyl carbamates (subject to hydrolysis) is 1. The summed E-state index contributed by atoms with van der Waals surface area (Å²) in [5.74, 6) is -1.09. The summed E-state index contributed by atoms with van der Waals surface area (Å²) in [5, 5.41) is 16.4.